The highest BCUT2D eigenvalue weighted by Gasteiger charge is 2.38. The number of benzene rings is 1. The first-order chi connectivity index (χ1) is 15.3. The third-order valence-electron chi connectivity index (χ3n) is 4.74. The maximum Gasteiger partial charge on any atom is 0.471 e. The van der Waals surface area contributed by atoms with E-state index in [9.17, 15) is 27.6 Å². The Morgan fingerprint density at radius 3 is 2.52 bits per heavy atom. The summed E-state index contributed by atoms with van der Waals surface area (Å²) in [6, 6.07) is 4.72. The van der Waals surface area contributed by atoms with Crippen LogP contribution >= 0.6 is 0 Å². The summed E-state index contributed by atoms with van der Waals surface area (Å²) in [6.45, 7) is 6.76. The van der Waals surface area contributed by atoms with Gasteiger partial charge >= 0.3 is 18.2 Å². The summed E-state index contributed by atoms with van der Waals surface area (Å²) >= 11 is 0. The number of anilines is 1. The van der Waals surface area contributed by atoms with E-state index in [2.05, 4.69) is 10.6 Å². The van der Waals surface area contributed by atoms with Crippen LogP contribution < -0.4 is 20.7 Å². The lowest BCUT2D eigenvalue weighted by molar-refractivity contribution is -0.173. The standard InChI is InChI=1S/C22H30F3N3O5/c1-13-18(29)27-16-12-14(9-10-17(16)32-13)15(28-20(31)33-21(2,3)4)8-6-5-7-11-26-19(30)22(23,24)25/h9-10,12-13,15H,5-8,11H2,1-4H3,(H,26,30)(H,27,29)(H,28,31). The summed E-state index contributed by atoms with van der Waals surface area (Å²) in [7, 11) is 0. The highest BCUT2D eigenvalue weighted by molar-refractivity contribution is 5.97. The van der Waals surface area contributed by atoms with E-state index in [1.807, 2.05) is 5.32 Å². The lowest BCUT2D eigenvalue weighted by Crippen LogP contribution is -2.37. The van der Waals surface area contributed by atoms with Crippen molar-refractivity contribution in [2.75, 3.05) is 11.9 Å². The number of alkyl halides is 3. The van der Waals surface area contributed by atoms with Crippen molar-refractivity contribution in [3.63, 3.8) is 0 Å². The van der Waals surface area contributed by atoms with Gasteiger partial charge in [0.15, 0.2) is 6.10 Å². The van der Waals surface area contributed by atoms with Crippen molar-refractivity contribution < 1.29 is 37.0 Å². The van der Waals surface area contributed by atoms with Crippen molar-refractivity contribution in [3.8, 4) is 5.75 Å². The number of carbonyl (C=O) groups is 3. The van der Waals surface area contributed by atoms with Gasteiger partial charge in [-0.05, 0) is 58.2 Å². The number of alkyl carbamates (subject to hydrolysis) is 1. The molecule has 0 radical (unpaired) electrons. The summed E-state index contributed by atoms with van der Waals surface area (Å²) in [5.41, 5.74) is 0.504. The average Bonchev–Trinajstić information content (AvgIpc) is 2.68. The lowest BCUT2D eigenvalue weighted by atomic mass is 9.99. The van der Waals surface area contributed by atoms with Gasteiger partial charge in [-0.2, -0.15) is 13.2 Å². The van der Waals surface area contributed by atoms with Gasteiger partial charge < -0.3 is 25.4 Å². The maximum absolute atomic E-state index is 12.3. The summed E-state index contributed by atoms with van der Waals surface area (Å²) in [5.74, 6) is -1.72. The van der Waals surface area contributed by atoms with Crippen LogP contribution in [0.5, 0.6) is 5.75 Å². The summed E-state index contributed by atoms with van der Waals surface area (Å²) in [6.07, 6.45) is -4.20. The maximum atomic E-state index is 12.3. The van der Waals surface area contributed by atoms with Crippen molar-refractivity contribution in [2.24, 2.45) is 0 Å². The molecule has 0 saturated carbocycles. The molecule has 2 unspecified atom stereocenters. The third kappa shape index (κ3) is 8.47. The van der Waals surface area contributed by atoms with E-state index in [1.54, 1.807) is 45.9 Å². The molecule has 1 aromatic rings. The van der Waals surface area contributed by atoms with Crippen LogP contribution in [0.4, 0.5) is 23.7 Å². The number of hydrogen-bond donors (Lipinski definition) is 3. The number of ether oxygens (including phenoxy) is 2. The van der Waals surface area contributed by atoms with Crippen molar-refractivity contribution in [2.45, 2.75) is 77.3 Å². The minimum absolute atomic E-state index is 0.0943. The van der Waals surface area contributed by atoms with Crippen molar-refractivity contribution in [1.82, 2.24) is 10.6 Å². The Hall–Kier alpha value is -2.98. The van der Waals surface area contributed by atoms with E-state index in [1.165, 1.54) is 0 Å². The zero-order valence-corrected chi connectivity index (χ0v) is 19.1. The zero-order chi connectivity index (χ0) is 24.8. The fourth-order valence-corrected chi connectivity index (χ4v) is 3.17. The Labute approximate surface area is 190 Å². The number of unbranched alkanes of at least 4 members (excludes halogenated alkanes) is 2. The predicted molar refractivity (Wildman–Crippen MR) is 115 cm³/mol. The first-order valence-electron chi connectivity index (χ1n) is 10.7. The number of nitrogens with one attached hydrogen (secondary N) is 3. The molecule has 0 aliphatic carbocycles. The first-order valence-corrected chi connectivity index (χ1v) is 10.7. The van der Waals surface area contributed by atoms with Gasteiger partial charge in [-0.1, -0.05) is 18.9 Å². The molecule has 1 heterocycles. The average molecular weight is 473 g/mol. The third-order valence-corrected chi connectivity index (χ3v) is 4.74. The van der Waals surface area contributed by atoms with E-state index in [0.717, 1.165) is 0 Å². The molecule has 2 rings (SSSR count). The molecule has 8 nitrogen and oxygen atoms in total. The molecular weight excluding hydrogens is 443 g/mol. The molecule has 33 heavy (non-hydrogen) atoms. The molecule has 0 bridgehead atoms. The fourth-order valence-electron chi connectivity index (χ4n) is 3.17. The molecule has 1 aliphatic rings. The van der Waals surface area contributed by atoms with Crippen LogP contribution in [-0.4, -0.2) is 42.3 Å². The SMILES string of the molecule is CC1Oc2ccc(C(CCCCCNC(=O)C(F)(F)F)NC(=O)OC(C)(C)C)cc2NC1=O. The smallest absolute Gasteiger partial charge is 0.471 e. The Bertz CT molecular complexity index is 868. The second-order valence-corrected chi connectivity index (χ2v) is 8.81. The molecule has 184 valence electrons. The van der Waals surface area contributed by atoms with Gasteiger partial charge in [0.2, 0.25) is 0 Å². The van der Waals surface area contributed by atoms with E-state index < -0.39 is 35.9 Å². The molecule has 11 heteroatoms. The van der Waals surface area contributed by atoms with E-state index in [-0.39, 0.29) is 12.5 Å². The highest BCUT2D eigenvalue weighted by Crippen LogP contribution is 2.33. The van der Waals surface area contributed by atoms with Gasteiger partial charge in [0.1, 0.15) is 11.4 Å². The molecule has 0 aromatic heterocycles. The van der Waals surface area contributed by atoms with Gasteiger partial charge in [0, 0.05) is 6.54 Å². The van der Waals surface area contributed by atoms with Crippen LogP contribution in [0.1, 0.15) is 65.0 Å². The van der Waals surface area contributed by atoms with Crippen molar-refractivity contribution >= 4 is 23.6 Å². The van der Waals surface area contributed by atoms with Gasteiger partial charge in [0.25, 0.3) is 5.91 Å². The molecule has 0 fully saturated rings. The minimum atomic E-state index is -4.90. The van der Waals surface area contributed by atoms with Crippen molar-refractivity contribution in [3.05, 3.63) is 23.8 Å². The van der Waals surface area contributed by atoms with Gasteiger partial charge in [-0.15, -0.1) is 0 Å². The van der Waals surface area contributed by atoms with E-state index in [4.69, 9.17) is 9.47 Å². The second kappa shape index (κ2) is 10.8. The number of fused-ring (bicyclic) bond motifs is 1. The van der Waals surface area contributed by atoms with Crippen LogP contribution in [0.15, 0.2) is 18.2 Å². The molecule has 1 aliphatic heterocycles. The van der Waals surface area contributed by atoms with Gasteiger partial charge in [0.05, 0.1) is 11.7 Å². The first kappa shape index (κ1) is 26.3. The molecule has 1 aromatic carbocycles. The van der Waals surface area contributed by atoms with Crippen LogP contribution in [0, 0.1) is 0 Å². The lowest BCUT2D eigenvalue weighted by Gasteiger charge is -2.27. The predicted octanol–water partition coefficient (Wildman–Crippen LogP) is 4.21. The largest absolute Gasteiger partial charge is 0.479 e. The fraction of sp³-hybridized carbons (Fsp3) is 0.591. The number of halogens is 3. The van der Waals surface area contributed by atoms with Crippen LogP contribution in [0.25, 0.3) is 0 Å². The molecule has 3 amide bonds. The van der Waals surface area contributed by atoms with Crippen LogP contribution in [-0.2, 0) is 14.3 Å². The van der Waals surface area contributed by atoms with Gasteiger partial charge in [-0.3, -0.25) is 9.59 Å². The Balaban J connectivity index is 2.01. The number of amides is 3. The summed E-state index contributed by atoms with van der Waals surface area (Å²) < 4.78 is 47.6. The van der Waals surface area contributed by atoms with E-state index >= 15 is 0 Å². The highest BCUT2D eigenvalue weighted by atomic mass is 19.4. The quantitative estimate of drug-likeness (QED) is 0.491. The van der Waals surface area contributed by atoms with Crippen LogP contribution in [0.3, 0.4) is 0 Å². The Morgan fingerprint density at radius 1 is 1.18 bits per heavy atom. The molecule has 0 spiro atoms. The summed E-state index contributed by atoms with van der Waals surface area (Å²) in [4.78, 5) is 35.1. The molecule has 0 saturated heterocycles. The van der Waals surface area contributed by atoms with E-state index in [0.29, 0.717) is 42.7 Å². The van der Waals surface area contributed by atoms with Crippen molar-refractivity contribution in [1.29, 1.82) is 0 Å². The Kier molecular flexibility index (Phi) is 8.57. The number of carbonyl (C=O) groups excluding carboxylic acids is 3. The zero-order valence-electron chi connectivity index (χ0n) is 19.1. The number of hydrogen-bond acceptors (Lipinski definition) is 5. The molecular formula is C22H30F3N3O5. The molecule has 2 atom stereocenters. The minimum Gasteiger partial charge on any atom is -0.479 e. The topological polar surface area (TPSA) is 106 Å². The van der Waals surface area contributed by atoms with Crippen LogP contribution in [0.2, 0.25) is 0 Å². The number of rotatable bonds is 8. The normalized spacial score (nSPS) is 16.7. The Morgan fingerprint density at radius 2 is 1.88 bits per heavy atom. The monoisotopic (exact) mass is 473 g/mol. The summed E-state index contributed by atoms with van der Waals surface area (Å²) in [5, 5.41) is 7.41. The second-order valence-electron chi connectivity index (χ2n) is 8.81. The molecule has 3 N–H and O–H groups in total. The van der Waals surface area contributed by atoms with Gasteiger partial charge in [-0.25, -0.2) is 4.79 Å².